The smallest absolute Gasteiger partial charge is 0.247 e. The Morgan fingerprint density at radius 3 is 3.00 bits per heavy atom. The van der Waals surface area contributed by atoms with E-state index in [1.165, 1.54) is 6.08 Å². The fraction of sp³-hybridized carbons (Fsp3) is 0.350. The molecule has 0 spiro atoms. The number of carbonyl (C=O) groups is 2. The highest BCUT2D eigenvalue weighted by Crippen LogP contribution is 2.21. The molecule has 1 aromatic carbocycles. The molecule has 27 heavy (non-hydrogen) atoms. The lowest BCUT2D eigenvalue weighted by Crippen LogP contribution is -2.56. The van der Waals surface area contributed by atoms with Gasteiger partial charge in [0.2, 0.25) is 11.8 Å². The van der Waals surface area contributed by atoms with Gasteiger partial charge in [0.05, 0.1) is 10.7 Å². The topological polar surface area (TPSA) is 71.5 Å². The first kappa shape index (κ1) is 19.1. The van der Waals surface area contributed by atoms with Gasteiger partial charge in [0.1, 0.15) is 18.4 Å². The van der Waals surface area contributed by atoms with Gasteiger partial charge in [-0.2, -0.15) is 0 Å². The molecule has 1 atom stereocenters. The summed E-state index contributed by atoms with van der Waals surface area (Å²) in [7, 11) is 0. The first-order chi connectivity index (χ1) is 13.1. The van der Waals surface area contributed by atoms with Crippen molar-refractivity contribution in [2.24, 2.45) is 0 Å². The van der Waals surface area contributed by atoms with Crippen LogP contribution in [0, 0.1) is 6.92 Å². The number of nitrogens with one attached hydrogen (secondary N) is 1. The first-order valence-corrected chi connectivity index (χ1v) is 9.85. The van der Waals surface area contributed by atoms with Crippen LogP contribution in [0.4, 0.5) is 0 Å². The summed E-state index contributed by atoms with van der Waals surface area (Å²) in [6.45, 7) is 5.26. The number of para-hydroxylation sites is 1. The van der Waals surface area contributed by atoms with Crippen LogP contribution in [0.15, 0.2) is 35.7 Å². The zero-order valence-electron chi connectivity index (χ0n) is 15.5. The van der Waals surface area contributed by atoms with Gasteiger partial charge < -0.3 is 15.0 Å². The summed E-state index contributed by atoms with van der Waals surface area (Å²) in [5.41, 5.74) is 1.70. The number of hydrogen-bond acceptors (Lipinski definition) is 5. The summed E-state index contributed by atoms with van der Waals surface area (Å²) in [6, 6.07) is 7.14. The minimum atomic E-state index is -0.407. The van der Waals surface area contributed by atoms with Crippen molar-refractivity contribution in [3.63, 3.8) is 0 Å². The van der Waals surface area contributed by atoms with Gasteiger partial charge in [0.25, 0.3) is 0 Å². The van der Waals surface area contributed by atoms with Crippen molar-refractivity contribution in [3.05, 3.63) is 52.0 Å². The lowest BCUT2D eigenvalue weighted by molar-refractivity contribution is -0.140. The molecule has 7 heteroatoms. The fourth-order valence-corrected chi connectivity index (χ4v) is 3.61. The van der Waals surface area contributed by atoms with Crippen molar-refractivity contribution in [1.29, 1.82) is 0 Å². The maximum absolute atomic E-state index is 12.6. The van der Waals surface area contributed by atoms with E-state index in [1.807, 2.05) is 43.5 Å². The maximum atomic E-state index is 12.6. The van der Waals surface area contributed by atoms with Crippen LogP contribution in [0.3, 0.4) is 0 Å². The molecule has 0 aliphatic carbocycles. The maximum Gasteiger partial charge on any atom is 0.247 e. The van der Waals surface area contributed by atoms with E-state index in [2.05, 4.69) is 10.3 Å². The number of ether oxygens (including phenoxy) is 1. The van der Waals surface area contributed by atoms with E-state index >= 15 is 0 Å². The van der Waals surface area contributed by atoms with Gasteiger partial charge in [-0.25, -0.2) is 4.98 Å². The van der Waals surface area contributed by atoms with E-state index < -0.39 is 6.04 Å². The van der Waals surface area contributed by atoms with Gasteiger partial charge >= 0.3 is 0 Å². The minimum Gasteiger partial charge on any atom is -0.487 e. The number of benzene rings is 1. The van der Waals surface area contributed by atoms with E-state index in [9.17, 15) is 9.59 Å². The molecule has 1 unspecified atom stereocenters. The molecule has 0 radical (unpaired) electrons. The Kier molecular flexibility index (Phi) is 6.24. The number of thiazole rings is 1. The lowest BCUT2D eigenvalue weighted by Gasteiger charge is -2.33. The van der Waals surface area contributed by atoms with Gasteiger partial charge in [0, 0.05) is 30.1 Å². The number of nitrogens with zero attached hydrogens (tertiary/aromatic N) is 2. The Morgan fingerprint density at radius 1 is 1.44 bits per heavy atom. The molecule has 2 heterocycles. The summed E-state index contributed by atoms with van der Waals surface area (Å²) in [6.07, 6.45) is 3.85. The Labute approximate surface area is 162 Å². The molecule has 1 aliphatic heterocycles. The Balaban J connectivity index is 1.69. The summed E-state index contributed by atoms with van der Waals surface area (Å²) >= 11 is 1.59. The average Bonchev–Trinajstić information content (AvgIpc) is 3.10. The van der Waals surface area contributed by atoms with Crippen LogP contribution in [-0.4, -0.2) is 40.8 Å². The van der Waals surface area contributed by atoms with Gasteiger partial charge in [-0.1, -0.05) is 25.1 Å². The number of rotatable bonds is 6. The molecule has 142 valence electrons. The van der Waals surface area contributed by atoms with Crippen molar-refractivity contribution in [2.45, 2.75) is 32.9 Å². The molecule has 1 aromatic heterocycles. The quantitative estimate of drug-likeness (QED) is 0.776. The second kappa shape index (κ2) is 8.81. The highest BCUT2D eigenvalue weighted by atomic mass is 32.1. The standard InChI is InChI=1S/C20H23N3O3S/c1-3-17-20(25)21-10-11-23(17)19(24)9-8-15-6-4-5-7-18(15)26-12-16-13-27-14(2)22-16/h4-9,13,17H,3,10-12H2,1-2H3,(H,21,25)/b9-8+. The van der Waals surface area contributed by atoms with Crippen molar-refractivity contribution >= 4 is 29.2 Å². The molecule has 1 fully saturated rings. The van der Waals surface area contributed by atoms with E-state index in [1.54, 1.807) is 22.3 Å². The third-order valence-corrected chi connectivity index (χ3v) is 5.19. The number of hydrogen-bond donors (Lipinski definition) is 1. The van der Waals surface area contributed by atoms with Crippen molar-refractivity contribution in [2.75, 3.05) is 13.1 Å². The van der Waals surface area contributed by atoms with Crippen LogP contribution in [0.25, 0.3) is 6.08 Å². The summed E-state index contributed by atoms with van der Waals surface area (Å²) in [5, 5.41) is 5.78. The molecule has 0 bridgehead atoms. The molecular weight excluding hydrogens is 362 g/mol. The summed E-state index contributed by atoms with van der Waals surface area (Å²) in [4.78, 5) is 30.5. The number of amides is 2. The SMILES string of the molecule is CCC1C(=O)NCCN1C(=O)/C=C/c1ccccc1OCc1csc(C)n1. The first-order valence-electron chi connectivity index (χ1n) is 8.97. The van der Waals surface area contributed by atoms with Gasteiger partial charge in [-0.15, -0.1) is 11.3 Å². The van der Waals surface area contributed by atoms with Crippen molar-refractivity contribution < 1.29 is 14.3 Å². The van der Waals surface area contributed by atoms with Gasteiger partial charge in [-0.3, -0.25) is 9.59 Å². The van der Waals surface area contributed by atoms with E-state index in [0.717, 1.165) is 16.3 Å². The van der Waals surface area contributed by atoms with Crippen LogP contribution in [0.5, 0.6) is 5.75 Å². The van der Waals surface area contributed by atoms with Crippen LogP contribution in [0.2, 0.25) is 0 Å². The molecule has 1 aliphatic rings. The third kappa shape index (κ3) is 4.74. The van der Waals surface area contributed by atoms with Crippen molar-refractivity contribution in [1.82, 2.24) is 15.2 Å². The van der Waals surface area contributed by atoms with E-state index in [0.29, 0.717) is 31.9 Å². The summed E-state index contributed by atoms with van der Waals surface area (Å²) in [5.74, 6) is 0.435. The van der Waals surface area contributed by atoms with Crippen molar-refractivity contribution in [3.8, 4) is 5.75 Å². The van der Waals surface area contributed by atoms with Gasteiger partial charge in [-0.05, 0) is 25.5 Å². The minimum absolute atomic E-state index is 0.0900. The highest BCUT2D eigenvalue weighted by Gasteiger charge is 2.30. The normalized spacial score (nSPS) is 17.2. The zero-order chi connectivity index (χ0) is 19.2. The van der Waals surface area contributed by atoms with Crippen LogP contribution in [-0.2, 0) is 16.2 Å². The Bertz CT molecular complexity index is 847. The highest BCUT2D eigenvalue weighted by molar-refractivity contribution is 7.09. The van der Waals surface area contributed by atoms with Crippen LogP contribution in [0.1, 0.15) is 29.6 Å². The monoisotopic (exact) mass is 385 g/mol. The number of carbonyl (C=O) groups excluding carboxylic acids is 2. The van der Waals surface area contributed by atoms with E-state index in [-0.39, 0.29) is 11.8 Å². The largest absolute Gasteiger partial charge is 0.487 e. The van der Waals surface area contributed by atoms with Crippen LogP contribution < -0.4 is 10.1 Å². The predicted molar refractivity (Wildman–Crippen MR) is 105 cm³/mol. The van der Waals surface area contributed by atoms with E-state index in [4.69, 9.17) is 4.74 Å². The Hall–Kier alpha value is -2.67. The number of aryl methyl sites for hydroxylation is 1. The molecule has 0 saturated carbocycles. The third-order valence-electron chi connectivity index (χ3n) is 4.37. The molecule has 2 amide bonds. The second-order valence-corrected chi connectivity index (χ2v) is 7.33. The lowest BCUT2D eigenvalue weighted by atomic mass is 10.1. The number of aromatic nitrogens is 1. The van der Waals surface area contributed by atoms with Gasteiger partial charge in [0.15, 0.2) is 0 Å². The molecule has 2 aromatic rings. The Morgan fingerprint density at radius 2 is 2.26 bits per heavy atom. The predicted octanol–water partition coefficient (Wildman–Crippen LogP) is 2.78. The summed E-state index contributed by atoms with van der Waals surface area (Å²) < 4.78 is 5.88. The second-order valence-electron chi connectivity index (χ2n) is 6.26. The fourth-order valence-electron chi connectivity index (χ4n) is 3.02. The molecule has 1 N–H and O–H groups in total. The molecule has 1 saturated heterocycles. The molecule has 3 rings (SSSR count). The molecular formula is C20H23N3O3S. The van der Waals surface area contributed by atoms with Crippen LogP contribution >= 0.6 is 11.3 Å². The molecule has 6 nitrogen and oxygen atoms in total. The average molecular weight is 385 g/mol. The zero-order valence-corrected chi connectivity index (χ0v) is 16.3. The number of piperazine rings is 1.